The lowest BCUT2D eigenvalue weighted by Crippen LogP contribution is -2.29. The minimum absolute atomic E-state index is 0.265. The molecule has 0 spiro atoms. The van der Waals surface area contributed by atoms with Gasteiger partial charge in [-0.3, -0.25) is 0 Å². The molecule has 0 amide bonds. The van der Waals surface area contributed by atoms with Gasteiger partial charge in [0.1, 0.15) is 6.10 Å². The van der Waals surface area contributed by atoms with Crippen molar-refractivity contribution >= 4 is 0 Å². The third kappa shape index (κ3) is 6.28. The number of aryl methyl sites for hydroxylation is 1. The second-order valence-electron chi connectivity index (χ2n) is 6.29. The Kier molecular flexibility index (Phi) is 7.30. The number of rotatable bonds is 11. The van der Waals surface area contributed by atoms with Gasteiger partial charge in [0, 0.05) is 27.6 Å². The highest BCUT2D eigenvalue weighted by molar-refractivity contribution is 5.45. The van der Waals surface area contributed by atoms with Gasteiger partial charge in [-0.05, 0) is 30.5 Å². The monoisotopic (exact) mass is 340 g/mol. The smallest absolute Gasteiger partial charge is 0.246 e. The van der Waals surface area contributed by atoms with Crippen LogP contribution in [0.3, 0.4) is 0 Å². The van der Waals surface area contributed by atoms with Crippen molar-refractivity contribution in [2.45, 2.75) is 38.6 Å². The Bertz CT molecular complexity index is 502. The lowest BCUT2D eigenvalue weighted by atomic mass is 10.1. The van der Waals surface area contributed by atoms with Gasteiger partial charge in [0.2, 0.25) is 5.79 Å². The van der Waals surface area contributed by atoms with E-state index in [0.29, 0.717) is 19.8 Å². The third-order valence-electron chi connectivity index (χ3n) is 3.53. The lowest BCUT2D eigenvalue weighted by molar-refractivity contribution is -0.0431. The Hall–Kier alpha value is -1.34. The molecule has 0 saturated carbocycles. The summed E-state index contributed by atoms with van der Waals surface area (Å²) >= 11 is 0. The Balaban J connectivity index is 1.58. The molecule has 1 aromatic rings. The molecule has 1 aliphatic heterocycles. The molecule has 6 nitrogen and oxygen atoms in total. The Morgan fingerprint density at radius 2 is 1.75 bits per heavy atom. The SMILES string of the molecule is COCCOCC(O)COCCCc1ccc2c(c1)OC(C)(C)O2. The average molecular weight is 340 g/mol. The summed E-state index contributed by atoms with van der Waals surface area (Å²) in [6.45, 7) is 5.93. The van der Waals surface area contributed by atoms with E-state index < -0.39 is 11.9 Å². The molecule has 1 atom stereocenters. The van der Waals surface area contributed by atoms with E-state index in [1.54, 1.807) is 7.11 Å². The Labute approximate surface area is 143 Å². The summed E-state index contributed by atoms with van der Waals surface area (Å²) in [7, 11) is 1.61. The van der Waals surface area contributed by atoms with Gasteiger partial charge in [-0.2, -0.15) is 0 Å². The average Bonchev–Trinajstić information content (AvgIpc) is 2.84. The molecule has 1 unspecified atom stereocenters. The Morgan fingerprint density at radius 1 is 1.04 bits per heavy atom. The molecule has 0 aliphatic carbocycles. The predicted molar refractivity (Wildman–Crippen MR) is 89.6 cm³/mol. The van der Waals surface area contributed by atoms with Crippen molar-refractivity contribution in [3.63, 3.8) is 0 Å². The number of hydrogen-bond acceptors (Lipinski definition) is 6. The number of aliphatic hydroxyl groups excluding tert-OH is 1. The zero-order valence-electron chi connectivity index (χ0n) is 14.7. The fourth-order valence-corrected chi connectivity index (χ4v) is 2.43. The third-order valence-corrected chi connectivity index (χ3v) is 3.53. The number of methoxy groups -OCH3 is 1. The molecule has 24 heavy (non-hydrogen) atoms. The van der Waals surface area contributed by atoms with E-state index in [2.05, 4.69) is 0 Å². The van der Waals surface area contributed by atoms with Crippen molar-refractivity contribution < 1.29 is 28.8 Å². The van der Waals surface area contributed by atoms with Gasteiger partial charge in [-0.1, -0.05) is 6.07 Å². The minimum Gasteiger partial charge on any atom is -0.449 e. The van der Waals surface area contributed by atoms with Crippen LogP contribution in [0.4, 0.5) is 0 Å². The van der Waals surface area contributed by atoms with Crippen LogP contribution in [0.25, 0.3) is 0 Å². The molecular formula is C18H28O6. The van der Waals surface area contributed by atoms with Gasteiger partial charge in [-0.15, -0.1) is 0 Å². The van der Waals surface area contributed by atoms with Crippen LogP contribution >= 0.6 is 0 Å². The maximum atomic E-state index is 9.70. The fourth-order valence-electron chi connectivity index (χ4n) is 2.43. The Morgan fingerprint density at radius 3 is 2.50 bits per heavy atom. The van der Waals surface area contributed by atoms with Crippen LogP contribution in [0.2, 0.25) is 0 Å². The molecule has 1 aliphatic rings. The van der Waals surface area contributed by atoms with Gasteiger partial charge < -0.3 is 28.8 Å². The van der Waals surface area contributed by atoms with Crippen molar-refractivity contribution in [2.24, 2.45) is 0 Å². The predicted octanol–water partition coefficient (Wildman–Crippen LogP) is 2.17. The van der Waals surface area contributed by atoms with E-state index in [1.807, 2.05) is 32.0 Å². The van der Waals surface area contributed by atoms with Gasteiger partial charge in [-0.25, -0.2) is 0 Å². The second kappa shape index (κ2) is 9.22. The molecule has 6 heteroatoms. The first-order chi connectivity index (χ1) is 11.5. The quantitative estimate of drug-likeness (QED) is 0.623. The van der Waals surface area contributed by atoms with E-state index >= 15 is 0 Å². The highest BCUT2D eigenvalue weighted by Crippen LogP contribution is 2.39. The van der Waals surface area contributed by atoms with Crippen LogP contribution < -0.4 is 9.47 Å². The molecular weight excluding hydrogens is 312 g/mol. The van der Waals surface area contributed by atoms with Crippen molar-refractivity contribution in [1.82, 2.24) is 0 Å². The van der Waals surface area contributed by atoms with Crippen molar-refractivity contribution in [3.05, 3.63) is 23.8 Å². The van der Waals surface area contributed by atoms with Crippen LogP contribution in [-0.2, 0) is 20.6 Å². The van der Waals surface area contributed by atoms with Crippen molar-refractivity contribution in [3.8, 4) is 11.5 Å². The maximum Gasteiger partial charge on any atom is 0.246 e. The first-order valence-corrected chi connectivity index (χ1v) is 8.33. The van der Waals surface area contributed by atoms with E-state index in [4.69, 9.17) is 23.7 Å². The summed E-state index contributed by atoms with van der Waals surface area (Å²) in [6.07, 6.45) is 1.16. The molecule has 0 radical (unpaired) electrons. The topological polar surface area (TPSA) is 66.4 Å². The van der Waals surface area contributed by atoms with Gasteiger partial charge >= 0.3 is 0 Å². The van der Waals surface area contributed by atoms with E-state index in [0.717, 1.165) is 24.3 Å². The molecule has 136 valence electrons. The first kappa shape index (κ1) is 19.0. The normalized spacial score (nSPS) is 16.3. The number of hydrogen-bond donors (Lipinski definition) is 1. The van der Waals surface area contributed by atoms with E-state index in [9.17, 15) is 5.11 Å². The molecule has 0 fully saturated rings. The van der Waals surface area contributed by atoms with Crippen molar-refractivity contribution in [2.75, 3.05) is 40.1 Å². The standard InChI is InChI=1S/C18H28O6/c1-18(2)23-16-7-6-14(11-17(16)24-18)5-4-8-21-12-15(19)13-22-10-9-20-3/h6-7,11,15,19H,4-5,8-10,12-13H2,1-3H3. The number of aliphatic hydroxyl groups is 1. The number of benzene rings is 1. The van der Waals surface area contributed by atoms with E-state index in [1.165, 1.54) is 5.56 Å². The summed E-state index contributed by atoms with van der Waals surface area (Å²) in [5, 5.41) is 9.70. The van der Waals surface area contributed by atoms with Gasteiger partial charge in [0.15, 0.2) is 11.5 Å². The summed E-state index contributed by atoms with van der Waals surface area (Å²) in [4.78, 5) is 0. The van der Waals surface area contributed by atoms with Crippen LogP contribution in [-0.4, -0.2) is 57.1 Å². The number of fused-ring (bicyclic) bond motifs is 1. The second-order valence-corrected chi connectivity index (χ2v) is 6.29. The van der Waals surface area contributed by atoms with Crippen LogP contribution in [0, 0.1) is 0 Å². The number of ether oxygens (including phenoxy) is 5. The largest absolute Gasteiger partial charge is 0.449 e. The molecule has 1 heterocycles. The first-order valence-electron chi connectivity index (χ1n) is 8.33. The molecule has 0 saturated heterocycles. The summed E-state index contributed by atoms with van der Waals surface area (Å²) in [5.41, 5.74) is 1.18. The lowest BCUT2D eigenvalue weighted by Gasteiger charge is -2.16. The van der Waals surface area contributed by atoms with Crippen LogP contribution in [0.5, 0.6) is 11.5 Å². The zero-order valence-corrected chi connectivity index (χ0v) is 14.7. The maximum absolute atomic E-state index is 9.70. The minimum atomic E-state index is -0.602. The van der Waals surface area contributed by atoms with Gasteiger partial charge in [0.05, 0.1) is 26.4 Å². The van der Waals surface area contributed by atoms with E-state index in [-0.39, 0.29) is 13.2 Å². The fraction of sp³-hybridized carbons (Fsp3) is 0.667. The molecule has 0 aromatic heterocycles. The summed E-state index contributed by atoms with van der Waals surface area (Å²) in [6, 6.07) is 6.01. The van der Waals surface area contributed by atoms with Gasteiger partial charge in [0.25, 0.3) is 0 Å². The highest BCUT2D eigenvalue weighted by atomic mass is 16.7. The molecule has 2 rings (SSSR count). The molecule has 0 bridgehead atoms. The highest BCUT2D eigenvalue weighted by Gasteiger charge is 2.31. The zero-order chi connectivity index (χ0) is 17.4. The molecule has 1 aromatic carbocycles. The van der Waals surface area contributed by atoms with Crippen molar-refractivity contribution in [1.29, 1.82) is 0 Å². The summed E-state index contributed by atoms with van der Waals surface area (Å²) in [5.74, 6) is 0.990. The molecule has 1 N–H and O–H groups in total. The summed E-state index contributed by atoms with van der Waals surface area (Å²) < 4.78 is 27.0. The van der Waals surface area contributed by atoms with Crippen LogP contribution in [0.1, 0.15) is 25.8 Å². The van der Waals surface area contributed by atoms with Crippen LogP contribution in [0.15, 0.2) is 18.2 Å².